The number of allylic oxidation sites excluding steroid dienone is 1. The Kier molecular flexibility index (Phi) is 12.2. The zero-order valence-electron chi connectivity index (χ0n) is 28.4. The quantitative estimate of drug-likeness (QED) is 0.318. The molecule has 2 aromatic carbocycles. The van der Waals surface area contributed by atoms with E-state index in [0.29, 0.717) is 30.3 Å². The maximum atomic E-state index is 13.8. The number of aliphatic hydroxyl groups is 1. The van der Waals surface area contributed by atoms with Crippen LogP contribution in [0.5, 0.6) is 5.75 Å². The number of amides is 1. The number of methoxy groups -OCH3 is 1. The Hall–Kier alpha value is -1.89. The molecule has 2 bridgehead atoms. The van der Waals surface area contributed by atoms with Crippen molar-refractivity contribution in [2.75, 3.05) is 43.2 Å². The van der Waals surface area contributed by atoms with Crippen molar-refractivity contribution in [2.45, 2.75) is 80.3 Å². The van der Waals surface area contributed by atoms with Gasteiger partial charge in [-0.15, -0.1) is 23.5 Å². The Morgan fingerprint density at radius 3 is 2.67 bits per heavy atom. The maximum Gasteiger partial charge on any atom is 0.264 e. The average Bonchev–Trinajstić information content (AvgIpc) is 3.09. The summed E-state index contributed by atoms with van der Waals surface area (Å²) in [5.74, 6) is 2.01. The molecule has 1 aliphatic carbocycles. The first-order chi connectivity index (χ1) is 23.6. The summed E-state index contributed by atoms with van der Waals surface area (Å²) in [5.41, 5.74) is 2.25. The largest absolute Gasteiger partial charge is 0.487 e. The van der Waals surface area contributed by atoms with Crippen molar-refractivity contribution in [1.82, 2.24) is 4.72 Å². The average molecular weight is 749 g/mol. The van der Waals surface area contributed by atoms with Crippen LogP contribution in [-0.2, 0) is 27.8 Å². The summed E-state index contributed by atoms with van der Waals surface area (Å²) in [6.45, 7) is 3.93. The first kappa shape index (κ1) is 36.9. The van der Waals surface area contributed by atoms with Crippen molar-refractivity contribution in [2.24, 2.45) is 17.8 Å². The SMILES string of the molecule is COCC[C@@H]1[C@@H](C)C/C=C/[C@](O)(C2SCCCS2)[C@@H]2CC[C@H]2CN2CCCCc3cc(Cl)ccc3COc3ccc(cc32)C(=O)NS1(=O)=O. The summed E-state index contributed by atoms with van der Waals surface area (Å²) in [6.07, 6.45) is 10.5. The highest BCUT2D eigenvalue weighted by Gasteiger charge is 2.51. The number of fused-ring (bicyclic) bond motifs is 3. The predicted molar refractivity (Wildman–Crippen MR) is 201 cm³/mol. The number of sulfonamides is 1. The number of nitrogens with zero attached hydrogens (tertiary/aromatic N) is 1. The molecule has 2 N–H and O–H groups in total. The van der Waals surface area contributed by atoms with Crippen molar-refractivity contribution < 1.29 is 27.8 Å². The van der Waals surface area contributed by atoms with Gasteiger partial charge in [-0.25, -0.2) is 13.1 Å². The minimum atomic E-state index is -4.07. The lowest BCUT2D eigenvalue weighted by Gasteiger charge is -2.51. The molecule has 0 aromatic heterocycles. The Labute approximate surface area is 305 Å². The summed E-state index contributed by atoms with van der Waals surface area (Å²) in [6, 6.07) is 11.1. The number of thioether (sulfide) groups is 2. The van der Waals surface area contributed by atoms with E-state index in [0.717, 1.165) is 67.8 Å². The molecular formula is C37H49ClN2O6S3. The molecule has 4 aliphatic rings. The molecule has 1 saturated carbocycles. The molecule has 2 aromatic rings. The number of rotatable bonds is 4. The van der Waals surface area contributed by atoms with Crippen molar-refractivity contribution in [3.05, 3.63) is 70.3 Å². The predicted octanol–water partition coefficient (Wildman–Crippen LogP) is 7.08. The second-order valence-electron chi connectivity index (χ2n) is 14.0. The number of anilines is 1. The van der Waals surface area contributed by atoms with Gasteiger partial charge >= 0.3 is 0 Å². The van der Waals surface area contributed by atoms with E-state index in [9.17, 15) is 18.3 Å². The second kappa shape index (κ2) is 16.2. The van der Waals surface area contributed by atoms with Crippen molar-refractivity contribution in [1.29, 1.82) is 0 Å². The zero-order chi connectivity index (χ0) is 34.6. The molecule has 0 unspecified atom stereocenters. The van der Waals surface area contributed by atoms with E-state index in [1.807, 2.05) is 60.8 Å². The fraction of sp³-hybridized carbons (Fsp3) is 0.595. The highest BCUT2D eigenvalue weighted by Crippen LogP contribution is 2.52. The van der Waals surface area contributed by atoms with E-state index in [1.165, 1.54) is 5.56 Å². The number of carbonyl (C=O) groups excluding carboxylic acids is 1. The monoisotopic (exact) mass is 748 g/mol. The Morgan fingerprint density at radius 1 is 1.10 bits per heavy atom. The molecule has 3 aliphatic heterocycles. The number of aryl methyl sites for hydroxylation is 1. The molecule has 8 nitrogen and oxygen atoms in total. The molecule has 2 fully saturated rings. The zero-order valence-corrected chi connectivity index (χ0v) is 31.6. The third-order valence-electron chi connectivity index (χ3n) is 10.7. The third-order valence-corrected chi connectivity index (χ3v) is 16.1. The number of hydrogen-bond donors (Lipinski definition) is 2. The fourth-order valence-corrected chi connectivity index (χ4v) is 12.8. The van der Waals surface area contributed by atoms with E-state index in [2.05, 4.69) is 9.62 Å². The van der Waals surface area contributed by atoms with Gasteiger partial charge in [-0.3, -0.25) is 4.79 Å². The van der Waals surface area contributed by atoms with E-state index in [4.69, 9.17) is 21.1 Å². The summed E-state index contributed by atoms with van der Waals surface area (Å²) in [7, 11) is -2.52. The first-order valence-electron chi connectivity index (χ1n) is 17.6. The van der Waals surface area contributed by atoms with Gasteiger partial charge in [0.05, 0.1) is 15.5 Å². The van der Waals surface area contributed by atoms with Crippen LogP contribution in [0.1, 0.15) is 73.4 Å². The van der Waals surface area contributed by atoms with E-state index >= 15 is 0 Å². The number of nitrogens with one attached hydrogen (secondary N) is 1. The molecule has 6 rings (SSSR count). The normalized spacial score (nSPS) is 30.4. The van der Waals surface area contributed by atoms with Gasteiger partial charge in [0.25, 0.3) is 5.91 Å². The molecular weight excluding hydrogens is 700 g/mol. The molecule has 268 valence electrons. The number of ether oxygens (including phenoxy) is 2. The number of carbonyl (C=O) groups is 1. The van der Waals surface area contributed by atoms with Gasteiger partial charge in [0.1, 0.15) is 18.0 Å². The fourth-order valence-electron chi connectivity index (χ4n) is 7.76. The number of halogens is 1. The highest BCUT2D eigenvalue weighted by atomic mass is 35.5. The van der Waals surface area contributed by atoms with Crippen LogP contribution in [-0.4, -0.2) is 73.2 Å². The number of benzene rings is 2. The van der Waals surface area contributed by atoms with E-state index in [-0.39, 0.29) is 40.9 Å². The van der Waals surface area contributed by atoms with Crippen molar-refractivity contribution in [3.63, 3.8) is 0 Å². The second-order valence-corrected chi connectivity index (χ2v) is 19.0. The van der Waals surface area contributed by atoms with Crippen LogP contribution in [0.15, 0.2) is 48.6 Å². The van der Waals surface area contributed by atoms with Crippen LogP contribution in [0.4, 0.5) is 5.69 Å². The minimum Gasteiger partial charge on any atom is -0.487 e. The van der Waals surface area contributed by atoms with Crippen LogP contribution < -0.4 is 14.4 Å². The molecule has 12 heteroatoms. The minimum absolute atomic E-state index is 0.0157. The van der Waals surface area contributed by atoms with Gasteiger partial charge in [0, 0.05) is 37.4 Å². The molecule has 1 amide bonds. The highest BCUT2D eigenvalue weighted by molar-refractivity contribution is 8.17. The van der Waals surface area contributed by atoms with Gasteiger partial charge in [-0.2, -0.15) is 0 Å². The molecule has 0 radical (unpaired) electrons. The van der Waals surface area contributed by atoms with Crippen LogP contribution in [0.25, 0.3) is 0 Å². The van der Waals surface area contributed by atoms with Gasteiger partial charge in [-0.1, -0.05) is 36.7 Å². The Bertz CT molecular complexity index is 1620. The Morgan fingerprint density at radius 2 is 1.92 bits per heavy atom. The molecule has 0 spiro atoms. The lowest BCUT2D eigenvalue weighted by molar-refractivity contribution is -0.0331. The van der Waals surface area contributed by atoms with Gasteiger partial charge in [0.2, 0.25) is 10.0 Å². The third kappa shape index (κ3) is 8.44. The summed E-state index contributed by atoms with van der Waals surface area (Å²) in [5, 5.41) is 12.5. The summed E-state index contributed by atoms with van der Waals surface area (Å²) < 4.78 is 41.9. The van der Waals surface area contributed by atoms with Crippen molar-refractivity contribution in [3.8, 4) is 5.75 Å². The van der Waals surface area contributed by atoms with Crippen LogP contribution in [0.3, 0.4) is 0 Å². The summed E-state index contributed by atoms with van der Waals surface area (Å²) in [4.78, 5) is 16.0. The van der Waals surface area contributed by atoms with E-state index < -0.39 is 26.8 Å². The molecule has 5 atom stereocenters. The van der Waals surface area contributed by atoms with Gasteiger partial charge in [-0.05, 0) is 122 Å². The standard InChI is InChI=1S/C37H49ClN2O6S3/c1-25-7-5-16-37(42,36-47-19-6-20-48-36)31-13-10-28(31)23-40-17-4-3-8-26-21-30(38)12-9-29(26)24-46-33-14-11-27(22-32(33)40)35(41)39-49(43,44)34(25)15-18-45-2/h5,9,11-12,14,16,21-22,25,28,31,34,36,42H,3-4,6-8,10,13,15,17-20,23-24H2,1-2H3,(H,39,41)/b16-5+/t25-,28-,31+,34+,37+/m0/s1. The maximum absolute atomic E-state index is 13.8. The molecule has 49 heavy (non-hydrogen) atoms. The van der Waals surface area contributed by atoms with Crippen LogP contribution in [0.2, 0.25) is 5.02 Å². The lowest BCUT2D eigenvalue weighted by Crippen LogP contribution is -2.54. The van der Waals surface area contributed by atoms with Gasteiger partial charge in [0.15, 0.2) is 0 Å². The molecule has 3 heterocycles. The molecule has 1 saturated heterocycles. The smallest absolute Gasteiger partial charge is 0.264 e. The lowest BCUT2D eigenvalue weighted by atomic mass is 9.64. The first-order valence-corrected chi connectivity index (χ1v) is 21.6. The van der Waals surface area contributed by atoms with Gasteiger partial charge < -0.3 is 19.5 Å². The van der Waals surface area contributed by atoms with Crippen molar-refractivity contribution >= 4 is 56.7 Å². The topological polar surface area (TPSA) is 105 Å². The van der Waals surface area contributed by atoms with E-state index in [1.54, 1.807) is 25.3 Å². The number of hydrogen-bond acceptors (Lipinski definition) is 9. The summed E-state index contributed by atoms with van der Waals surface area (Å²) >= 11 is 10.1. The van der Waals surface area contributed by atoms with Crippen LogP contribution in [0, 0.1) is 17.8 Å². The van der Waals surface area contributed by atoms with Crippen LogP contribution >= 0.6 is 35.1 Å². The Balaban J connectivity index is 1.42.